The van der Waals surface area contributed by atoms with E-state index < -0.39 is 29.3 Å². The maximum Gasteiger partial charge on any atom is 0.330 e. The minimum atomic E-state index is -1.60. The molecular formula is C28H30F3N3O3. The third-order valence-corrected chi connectivity index (χ3v) is 6.43. The number of ether oxygens (including phenoxy) is 1. The molecule has 0 amide bonds. The third kappa shape index (κ3) is 5.77. The predicted octanol–water partition coefficient (Wildman–Crippen LogP) is 5.85. The van der Waals surface area contributed by atoms with E-state index >= 15 is 8.78 Å². The second kappa shape index (κ2) is 10.5. The van der Waals surface area contributed by atoms with Gasteiger partial charge in [-0.3, -0.25) is 4.90 Å². The fraction of sp³-hybridized carbons (Fsp3) is 0.393. The van der Waals surface area contributed by atoms with Crippen LogP contribution in [0, 0.1) is 11.6 Å². The standard InChI is InChI=1S/C28H30F3N3O3/c1-6-23-32-27(37-33-23)18-8-9-20-19(14-18)11-16(2)34(15-28(3,4)31)26(20)25-21(29)12-17(13-22(25)30)7-10-24(35)36-5/h7-10,12-14,16,26H,6,11,15H2,1-5H3/b10-7+/t16-,26+/m1/s1. The van der Waals surface area contributed by atoms with Crippen LogP contribution in [0.1, 0.15) is 61.8 Å². The molecule has 0 saturated carbocycles. The normalized spacial score (nSPS) is 18.3. The van der Waals surface area contributed by atoms with Crippen molar-refractivity contribution in [1.29, 1.82) is 0 Å². The van der Waals surface area contributed by atoms with Crippen LogP contribution in [0.3, 0.4) is 0 Å². The van der Waals surface area contributed by atoms with E-state index in [1.807, 2.05) is 19.9 Å². The van der Waals surface area contributed by atoms with Crippen molar-refractivity contribution in [2.75, 3.05) is 13.7 Å². The Morgan fingerprint density at radius 3 is 2.54 bits per heavy atom. The monoisotopic (exact) mass is 513 g/mol. The van der Waals surface area contributed by atoms with Crippen molar-refractivity contribution >= 4 is 12.0 Å². The van der Waals surface area contributed by atoms with Gasteiger partial charge in [0.25, 0.3) is 5.89 Å². The first-order chi connectivity index (χ1) is 17.5. The van der Waals surface area contributed by atoms with E-state index in [0.29, 0.717) is 35.7 Å². The van der Waals surface area contributed by atoms with Gasteiger partial charge in [0, 0.05) is 36.2 Å². The number of benzene rings is 2. The Kier molecular flexibility index (Phi) is 7.54. The number of methoxy groups -OCH3 is 1. The number of alkyl halides is 1. The molecule has 0 fully saturated rings. The van der Waals surface area contributed by atoms with E-state index in [1.54, 1.807) is 17.0 Å². The number of carbonyl (C=O) groups is 1. The van der Waals surface area contributed by atoms with Gasteiger partial charge in [-0.15, -0.1) is 0 Å². The second-order valence-corrected chi connectivity index (χ2v) is 9.88. The molecule has 1 aromatic heterocycles. The second-order valence-electron chi connectivity index (χ2n) is 9.88. The van der Waals surface area contributed by atoms with Crippen molar-refractivity contribution in [2.45, 2.75) is 58.3 Å². The van der Waals surface area contributed by atoms with Crippen molar-refractivity contribution < 1.29 is 27.2 Å². The summed E-state index contributed by atoms with van der Waals surface area (Å²) in [6, 6.07) is 6.71. The molecule has 0 spiro atoms. The third-order valence-electron chi connectivity index (χ3n) is 6.43. The highest BCUT2D eigenvalue weighted by atomic mass is 19.1. The Balaban J connectivity index is 1.83. The summed E-state index contributed by atoms with van der Waals surface area (Å²) < 4.78 is 56.0. The molecule has 4 rings (SSSR count). The van der Waals surface area contributed by atoms with Crippen LogP contribution in [0.25, 0.3) is 17.5 Å². The van der Waals surface area contributed by atoms with Crippen LogP contribution in [0.4, 0.5) is 13.2 Å². The highest BCUT2D eigenvalue weighted by Gasteiger charge is 2.39. The zero-order valence-electron chi connectivity index (χ0n) is 21.5. The summed E-state index contributed by atoms with van der Waals surface area (Å²) in [7, 11) is 1.21. The summed E-state index contributed by atoms with van der Waals surface area (Å²) in [5, 5.41) is 3.95. The van der Waals surface area contributed by atoms with Crippen LogP contribution in [0.15, 0.2) is 40.9 Å². The first-order valence-corrected chi connectivity index (χ1v) is 12.2. The summed E-state index contributed by atoms with van der Waals surface area (Å²) in [6.45, 7) is 6.72. The van der Waals surface area contributed by atoms with Gasteiger partial charge in [-0.05, 0) is 74.2 Å². The summed E-state index contributed by atoms with van der Waals surface area (Å²) in [6.07, 6.45) is 3.55. The number of fused-ring (bicyclic) bond motifs is 1. The number of rotatable bonds is 7. The molecule has 2 aromatic carbocycles. The Morgan fingerprint density at radius 2 is 1.95 bits per heavy atom. The van der Waals surface area contributed by atoms with Gasteiger partial charge in [-0.25, -0.2) is 18.0 Å². The molecule has 0 N–H and O–H groups in total. The zero-order chi connectivity index (χ0) is 26.9. The summed E-state index contributed by atoms with van der Waals surface area (Å²) in [5.74, 6) is -1.26. The van der Waals surface area contributed by atoms with Gasteiger partial charge in [0.1, 0.15) is 17.3 Å². The lowest BCUT2D eigenvalue weighted by molar-refractivity contribution is -0.134. The summed E-state index contributed by atoms with van der Waals surface area (Å²) in [4.78, 5) is 17.6. The van der Waals surface area contributed by atoms with Crippen LogP contribution in [0.5, 0.6) is 0 Å². The fourth-order valence-corrected chi connectivity index (χ4v) is 4.76. The van der Waals surface area contributed by atoms with Crippen LogP contribution >= 0.6 is 0 Å². The summed E-state index contributed by atoms with van der Waals surface area (Å²) >= 11 is 0. The van der Waals surface area contributed by atoms with Gasteiger partial charge in [-0.2, -0.15) is 4.98 Å². The Morgan fingerprint density at radius 1 is 1.24 bits per heavy atom. The molecule has 6 nitrogen and oxygen atoms in total. The fourth-order valence-electron chi connectivity index (χ4n) is 4.76. The van der Waals surface area contributed by atoms with E-state index in [2.05, 4.69) is 14.9 Å². The molecule has 0 aliphatic carbocycles. The summed E-state index contributed by atoms with van der Waals surface area (Å²) in [5.41, 5.74) is 0.653. The van der Waals surface area contributed by atoms with E-state index in [1.165, 1.54) is 27.0 Å². The zero-order valence-corrected chi connectivity index (χ0v) is 21.5. The first kappa shape index (κ1) is 26.6. The number of hydrogen-bond acceptors (Lipinski definition) is 6. The number of carbonyl (C=O) groups excluding carboxylic acids is 1. The largest absolute Gasteiger partial charge is 0.466 e. The van der Waals surface area contributed by atoms with E-state index in [4.69, 9.17) is 4.52 Å². The van der Waals surface area contributed by atoms with Gasteiger partial charge in [0.05, 0.1) is 13.2 Å². The molecule has 9 heteroatoms. The molecule has 196 valence electrons. The molecule has 1 aliphatic rings. The van der Waals surface area contributed by atoms with E-state index in [0.717, 1.165) is 23.8 Å². The molecule has 37 heavy (non-hydrogen) atoms. The highest BCUT2D eigenvalue weighted by molar-refractivity contribution is 5.86. The van der Waals surface area contributed by atoms with E-state index in [9.17, 15) is 9.18 Å². The van der Waals surface area contributed by atoms with Crippen molar-refractivity contribution in [3.8, 4) is 11.5 Å². The minimum absolute atomic E-state index is 0.0214. The molecule has 0 bridgehead atoms. The average Bonchev–Trinajstić information content (AvgIpc) is 3.32. The highest BCUT2D eigenvalue weighted by Crippen LogP contribution is 2.42. The maximum absolute atomic E-state index is 15.6. The Labute approximate surface area is 214 Å². The van der Waals surface area contributed by atoms with Gasteiger partial charge in [-0.1, -0.05) is 18.1 Å². The number of hydrogen-bond donors (Lipinski definition) is 0. The number of aromatic nitrogens is 2. The van der Waals surface area contributed by atoms with Gasteiger partial charge < -0.3 is 9.26 Å². The predicted molar refractivity (Wildman–Crippen MR) is 133 cm³/mol. The molecule has 0 saturated heterocycles. The van der Waals surface area contributed by atoms with Crippen LogP contribution in [-0.4, -0.2) is 46.4 Å². The van der Waals surface area contributed by atoms with Crippen molar-refractivity contribution in [2.24, 2.45) is 0 Å². The molecule has 2 heterocycles. The van der Waals surface area contributed by atoms with E-state index in [-0.39, 0.29) is 23.7 Å². The van der Waals surface area contributed by atoms with Crippen LogP contribution in [0.2, 0.25) is 0 Å². The minimum Gasteiger partial charge on any atom is -0.466 e. The van der Waals surface area contributed by atoms with Gasteiger partial charge in [0.2, 0.25) is 0 Å². The Hall–Kier alpha value is -3.46. The molecular weight excluding hydrogens is 483 g/mol. The van der Waals surface area contributed by atoms with Crippen molar-refractivity contribution in [3.05, 3.63) is 76.1 Å². The van der Waals surface area contributed by atoms with Crippen LogP contribution in [-0.2, 0) is 22.4 Å². The molecule has 3 aromatic rings. The SMILES string of the molecule is CCc1noc(-c2ccc3c(c2)C[C@@H](C)N(CC(C)(C)F)[C@@H]3c2c(F)cc(/C=C/C(=O)OC)cc2F)n1. The van der Waals surface area contributed by atoms with Crippen molar-refractivity contribution in [3.63, 3.8) is 0 Å². The lowest BCUT2D eigenvalue weighted by atomic mass is 9.83. The molecule has 1 aliphatic heterocycles. The number of halogens is 3. The maximum atomic E-state index is 15.6. The van der Waals surface area contributed by atoms with Crippen LogP contribution < -0.4 is 0 Å². The smallest absolute Gasteiger partial charge is 0.330 e. The molecule has 0 unspecified atom stereocenters. The average molecular weight is 514 g/mol. The van der Waals surface area contributed by atoms with Crippen molar-refractivity contribution in [1.82, 2.24) is 15.0 Å². The number of aryl methyl sites for hydroxylation is 1. The van der Waals surface area contributed by atoms with Gasteiger partial charge in [0.15, 0.2) is 5.82 Å². The van der Waals surface area contributed by atoms with Gasteiger partial charge >= 0.3 is 5.97 Å². The quantitative estimate of drug-likeness (QED) is 0.292. The number of nitrogens with zero attached hydrogens (tertiary/aromatic N) is 3. The molecule has 2 atom stereocenters. The number of esters is 1. The Bertz CT molecular complexity index is 1310. The topological polar surface area (TPSA) is 68.5 Å². The lowest BCUT2D eigenvalue weighted by Crippen LogP contribution is -2.48. The first-order valence-electron chi connectivity index (χ1n) is 12.2. The lowest BCUT2D eigenvalue weighted by Gasteiger charge is -2.44. The molecule has 0 radical (unpaired) electrons.